The van der Waals surface area contributed by atoms with Gasteiger partial charge in [0, 0.05) is 6.54 Å². The normalized spacial score (nSPS) is 10.2. The van der Waals surface area contributed by atoms with Gasteiger partial charge in [-0.05, 0) is 31.5 Å². The van der Waals surface area contributed by atoms with E-state index in [0.717, 1.165) is 38.1 Å². The number of hydrogen-bond acceptors (Lipinski definition) is 3. The molecular formula is C15H24N2O2. The Morgan fingerprint density at radius 3 is 2.68 bits per heavy atom. The zero-order valence-electron chi connectivity index (χ0n) is 11.7. The standard InChI is InChI=1S/C15H24N2O2/c1-2-3-11-17-15(18)13-16-10-7-12-19-14-8-5-4-6-9-14/h4-6,8-9,16H,2-3,7,10-13H2,1H3,(H,17,18). The fraction of sp³-hybridized carbons (Fsp3) is 0.533. The maximum atomic E-state index is 11.4. The van der Waals surface area contributed by atoms with Gasteiger partial charge in [-0.25, -0.2) is 0 Å². The van der Waals surface area contributed by atoms with Gasteiger partial charge >= 0.3 is 0 Å². The van der Waals surface area contributed by atoms with Gasteiger partial charge in [-0.3, -0.25) is 4.79 Å². The van der Waals surface area contributed by atoms with Crippen molar-refractivity contribution in [1.29, 1.82) is 0 Å². The molecule has 2 N–H and O–H groups in total. The van der Waals surface area contributed by atoms with Crippen molar-refractivity contribution in [2.24, 2.45) is 0 Å². The highest BCUT2D eigenvalue weighted by atomic mass is 16.5. The zero-order valence-corrected chi connectivity index (χ0v) is 11.7. The number of ether oxygens (including phenoxy) is 1. The summed E-state index contributed by atoms with van der Waals surface area (Å²) in [5, 5.41) is 5.97. The molecule has 0 bridgehead atoms. The number of amides is 1. The summed E-state index contributed by atoms with van der Waals surface area (Å²) in [4.78, 5) is 11.4. The minimum atomic E-state index is 0.0671. The molecular weight excluding hydrogens is 240 g/mol. The Morgan fingerprint density at radius 1 is 1.16 bits per heavy atom. The van der Waals surface area contributed by atoms with Crippen LogP contribution in [0.1, 0.15) is 26.2 Å². The van der Waals surface area contributed by atoms with Gasteiger partial charge in [0.05, 0.1) is 13.2 Å². The summed E-state index contributed by atoms with van der Waals surface area (Å²) in [6.07, 6.45) is 3.03. The van der Waals surface area contributed by atoms with Crippen LogP contribution in [0.15, 0.2) is 30.3 Å². The second-order valence-corrected chi connectivity index (χ2v) is 4.40. The van der Waals surface area contributed by atoms with E-state index in [4.69, 9.17) is 4.74 Å². The average molecular weight is 264 g/mol. The summed E-state index contributed by atoms with van der Waals surface area (Å²) in [7, 11) is 0. The topological polar surface area (TPSA) is 50.4 Å². The third kappa shape index (κ3) is 8.21. The lowest BCUT2D eigenvalue weighted by molar-refractivity contribution is -0.120. The first-order valence-corrected chi connectivity index (χ1v) is 6.98. The van der Waals surface area contributed by atoms with Crippen molar-refractivity contribution < 1.29 is 9.53 Å². The lowest BCUT2D eigenvalue weighted by Gasteiger charge is -2.07. The molecule has 0 saturated carbocycles. The predicted octanol–water partition coefficient (Wildman–Crippen LogP) is 1.96. The Hall–Kier alpha value is -1.55. The molecule has 106 valence electrons. The lowest BCUT2D eigenvalue weighted by Crippen LogP contribution is -2.35. The highest BCUT2D eigenvalue weighted by molar-refractivity contribution is 5.77. The SMILES string of the molecule is CCCCNC(=O)CNCCCOc1ccccc1. The van der Waals surface area contributed by atoms with Gasteiger partial charge in [-0.2, -0.15) is 0 Å². The number of para-hydroxylation sites is 1. The second-order valence-electron chi connectivity index (χ2n) is 4.40. The minimum Gasteiger partial charge on any atom is -0.494 e. The minimum absolute atomic E-state index is 0.0671. The molecule has 4 heteroatoms. The molecule has 0 aromatic heterocycles. The number of nitrogens with one attached hydrogen (secondary N) is 2. The Bertz CT molecular complexity index is 341. The van der Waals surface area contributed by atoms with Crippen molar-refractivity contribution in [2.45, 2.75) is 26.2 Å². The van der Waals surface area contributed by atoms with Gasteiger partial charge in [0.15, 0.2) is 0 Å². The van der Waals surface area contributed by atoms with Crippen molar-refractivity contribution in [1.82, 2.24) is 10.6 Å². The molecule has 0 aliphatic carbocycles. The first-order valence-electron chi connectivity index (χ1n) is 6.98. The van der Waals surface area contributed by atoms with Gasteiger partial charge in [0.25, 0.3) is 0 Å². The van der Waals surface area contributed by atoms with Crippen LogP contribution in [0.5, 0.6) is 5.75 Å². The van der Waals surface area contributed by atoms with Crippen LogP contribution in [0.3, 0.4) is 0 Å². The monoisotopic (exact) mass is 264 g/mol. The Kier molecular flexibility index (Phi) is 8.47. The predicted molar refractivity (Wildman–Crippen MR) is 77.3 cm³/mol. The molecule has 0 spiro atoms. The summed E-state index contributed by atoms with van der Waals surface area (Å²) in [5.74, 6) is 0.956. The molecule has 0 unspecified atom stereocenters. The van der Waals surface area contributed by atoms with Gasteiger partial charge in [-0.1, -0.05) is 31.5 Å². The number of rotatable bonds is 10. The second kappa shape index (κ2) is 10.4. The van der Waals surface area contributed by atoms with E-state index in [-0.39, 0.29) is 5.91 Å². The molecule has 1 amide bonds. The van der Waals surface area contributed by atoms with Crippen LogP contribution in [0.2, 0.25) is 0 Å². The van der Waals surface area contributed by atoms with Crippen LogP contribution in [0.25, 0.3) is 0 Å². The molecule has 19 heavy (non-hydrogen) atoms. The summed E-state index contributed by atoms with van der Waals surface area (Å²) < 4.78 is 5.55. The van der Waals surface area contributed by atoms with Gasteiger partial charge in [0.1, 0.15) is 5.75 Å². The van der Waals surface area contributed by atoms with E-state index in [0.29, 0.717) is 13.2 Å². The summed E-state index contributed by atoms with van der Waals surface area (Å²) >= 11 is 0. The summed E-state index contributed by atoms with van der Waals surface area (Å²) in [6, 6.07) is 9.75. The molecule has 0 saturated heterocycles. The number of carbonyl (C=O) groups is 1. The lowest BCUT2D eigenvalue weighted by atomic mass is 10.3. The highest BCUT2D eigenvalue weighted by Gasteiger charge is 1.98. The smallest absolute Gasteiger partial charge is 0.233 e. The van der Waals surface area contributed by atoms with E-state index in [2.05, 4.69) is 17.6 Å². The van der Waals surface area contributed by atoms with E-state index in [1.165, 1.54) is 0 Å². The molecule has 4 nitrogen and oxygen atoms in total. The molecule has 0 fully saturated rings. The van der Waals surface area contributed by atoms with Gasteiger partial charge < -0.3 is 15.4 Å². The van der Waals surface area contributed by atoms with Crippen LogP contribution in [0, 0.1) is 0 Å². The van der Waals surface area contributed by atoms with Crippen molar-refractivity contribution in [3.63, 3.8) is 0 Å². The molecule has 0 aliphatic rings. The number of carbonyl (C=O) groups excluding carboxylic acids is 1. The van der Waals surface area contributed by atoms with Gasteiger partial charge in [-0.15, -0.1) is 0 Å². The van der Waals surface area contributed by atoms with E-state index in [1.807, 2.05) is 30.3 Å². The fourth-order valence-corrected chi connectivity index (χ4v) is 1.57. The van der Waals surface area contributed by atoms with Crippen molar-refractivity contribution >= 4 is 5.91 Å². The maximum absolute atomic E-state index is 11.4. The van der Waals surface area contributed by atoms with Crippen molar-refractivity contribution in [3.8, 4) is 5.75 Å². The van der Waals surface area contributed by atoms with Crippen LogP contribution in [0.4, 0.5) is 0 Å². The van der Waals surface area contributed by atoms with Crippen LogP contribution in [-0.2, 0) is 4.79 Å². The van der Waals surface area contributed by atoms with E-state index in [1.54, 1.807) is 0 Å². The van der Waals surface area contributed by atoms with Crippen LogP contribution >= 0.6 is 0 Å². The molecule has 1 aromatic carbocycles. The summed E-state index contributed by atoms with van der Waals surface area (Å²) in [6.45, 7) is 4.71. The first-order chi connectivity index (χ1) is 9.33. The largest absolute Gasteiger partial charge is 0.494 e. The molecule has 0 atom stereocenters. The average Bonchev–Trinajstić information content (AvgIpc) is 2.44. The van der Waals surface area contributed by atoms with E-state index in [9.17, 15) is 4.79 Å². The molecule has 1 aromatic rings. The molecule has 0 aliphatic heterocycles. The number of hydrogen-bond donors (Lipinski definition) is 2. The zero-order chi connectivity index (χ0) is 13.8. The Balaban J connectivity index is 1.92. The highest BCUT2D eigenvalue weighted by Crippen LogP contribution is 2.07. The molecule has 0 radical (unpaired) electrons. The Morgan fingerprint density at radius 2 is 1.95 bits per heavy atom. The van der Waals surface area contributed by atoms with Crippen molar-refractivity contribution in [2.75, 3.05) is 26.2 Å². The van der Waals surface area contributed by atoms with E-state index >= 15 is 0 Å². The quantitative estimate of drug-likeness (QED) is 0.635. The van der Waals surface area contributed by atoms with Crippen LogP contribution in [-0.4, -0.2) is 32.1 Å². The number of unbranched alkanes of at least 4 members (excludes halogenated alkanes) is 1. The molecule has 0 heterocycles. The fourth-order valence-electron chi connectivity index (χ4n) is 1.57. The third-order valence-electron chi connectivity index (χ3n) is 2.65. The van der Waals surface area contributed by atoms with Crippen LogP contribution < -0.4 is 15.4 Å². The maximum Gasteiger partial charge on any atom is 0.233 e. The van der Waals surface area contributed by atoms with Gasteiger partial charge in [0.2, 0.25) is 5.91 Å². The Labute approximate surface area is 115 Å². The summed E-state index contributed by atoms with van der Waals surface area (Å²) in [5.41, 5.74) is 0. The van der Waals surface area contributed by atoms with E-state index < -0.39 is 0 Å². The number of benzene rings is 1. The third-order valence-corrected chi connectivity index (χ3v) is 2.65. The first kappa shape index (κ1) is 15.5. The molecule has 1 rings (SSSR count). The van der Waals surface area contributed by atoms with Crippen molar-refractivity contribution in [3.05, 3.63) is 30.3 Å².